The molecule has 1 fully saturated rings. The van der Waals surface area contributed by atoms with Crippen molar-refractivity contribution >= 4 is 29.2 Å². The van der Waals surface area contributed by atoms with E-state index in [4.69, 9.17) is 16.1 Å². The van der Waals surface area contributed by atoms with Crippen molar-refractivity contribution in [1.82, 2.24) is 20.4 Å². The van der Waals surface area contributed by atoms with E-state index in [0.29, 0.717) is 43.5 Å². The third-order valence-corrected chi connectivity index (χ3v) is 4.88. The zero-order valence-electron chi connectivity index (χ0n) is 15.4. The fraction of sp³-hybridized carbons (Fsp3) is 0.444. The molecule has 0 aliphatic carbocycles. The van der Waals surface area contributed by atoms with E-state index in [2.05, 4.69) is 20.8 Å². The van der Waals surface area contributed by atoms with Crippen LogP contribution in [0.3, 0.4) is 0 Å². The number of amides is 3. The van der Waals surface area contributed by atoms with E-state index in [0.717, 1.165) is 12.8 Å². The second-order valence-corrected chi connectivity index (χ2v) is 6.99. The van der Waals surface area contributed by atoms with Crippen LogP contribution in [0.4, 0.5) is 14.9 Å². The Balaban J connectivity index is 1.42. The van der Waals surface area contributed by atoms with E-state index in [9.17, 15) is 14.0 Å². The summed E-state index contributed by atoms with van der Waals surface area (Å²) < 4.78 is 18.4. The van der Waals surface area contributed by atoms with Crippen LogP contribution in [0.2, 0.25) is 5.02 Å². The summed E-state index contributed by atoms with van der Waals surface area (Å²) >= 11 is 5.68. The van der Waals surface area contributed by atoms with Gasteiger partial charge in [-0.25, -0.2) is 9.18 Å². The molecule has 2 heterocycles. The lowest BCUT2D eigenvalue weighted by atomic mass is 9.96. The molecule has 0 unspecified atom stereocenters. The topological polar surface area (TPSA) is 100 Å². The molecule has 8 nitrogen and oxygen atoms in total. The molecule has 2 N–H and O–H groups in total. The minimum atomic E-state index is -0.549. The Labute approximate surface area is 166 Å². The Kier molecular flexibility index (Phi) is 6.45. The lowest BCUT2D eigenvalue weighted by Gasteiger charge is -2.29. The van der Waals surface area contributed by atoms with Gasteiger partial charge in [-0.15, -0.1) is 0 Å². The van der Waals surface area contributed by atoms with Crippen LogP contribution in [0.5, 0.6) is 0 Å². The summed E-state index contributed by atoms with van der Waals surface area (Å²) in [5.41, 5.74) is 0.390. The Morgan fingerprint density at radius 1 is 1.36 bits per heavy atom. The average Bonchev–Trinajstić information content (AvgIpc) is 3.14. The largest absolute Gasteiger partial charge is 0.343 e. The molecule has 0 atom stereocenters. The quantitative estimate of drug-likeness (QED) is 0.790. The number of likely N-dealkylation sites (tertiary alicyclic amines) is 1. The molecule has 0 spiro atoms. The normalized spacial score (nSPS) is 14.8. The maximum atomic E-state index is 13.1. The second kappa shape index (κ2) is 9.01. The second-order valence-electron chi connectivity index (χ2n) is 6.59. The van der Waals surface area contributed by atoms with Crippen LogP contribution in [0.15, 0.2) is 22.7 Å². The Hall–Kier alpha value is -2.68. The number of anilines is 1. The molecule has 2 aromatic rings. The van der Waals surface area contributed by atoms with Crippen LogP contribution in [0, 0.1) is 5.82 Å². The first-order valence-electron chi connectivity index (χ1n) is 9.00. The molecular formula is C18H21ClFN5O3. The number of hydrogen-bond donors (Lipinski definition) is 2. The van der Waals surface area contributed by atoms with Crippen LogP contribution in [0.1, 0.15) is 37.4 Å². The molecular weight excluding hydrogens is 389 g/mol. The molecule has 3 amide bonds. The van der Waals surface area contributed by atoms with E-state index in [1.807, 2.05) is 4.90 Å². The number of aromatic nitrogens is 2. The zero-order chi connectivity index (χ0) is 20.1. The minimum absolute atomic E-state index is 0.0645. The number of halogens is 2. The molecule has 0 saturated carbocycles. The number of carbonyl (C=O) groups is 2. The van der Waals surface area contributed by atoms with Crippen LogP contribution in [0.25, 0.3) is 0 Å². The summed E-state index contributed by atoms with van der Waals surface area (Å²) in [5, 5.41) is 9.19. The van der Waals surface area contributed by atoms with Crippen molar-refractivity contribution in [3.05, 3.63) is 40.8 Å². The maximum absolute atomic E-state index is 13.1. The highest BCUT2D eigenvalue weighted by molar-refractivity contribution is 6.31. The lowest BCUT2D eigenvalue weighted by Crippen LogP contribution is -2.36. The summed E-state index contributed by atoms with van der Waals surface area (Å²) in [6, 6.07) is 3.48. The summed E-state index contributed by atoms with van der Waals surface area (Å²) in [6.07, 6.45) is 2.00. The molecule has 150 valence electrons. The SMILES string of the molecule is CC(=O)N1CCC(c2noc(CCNC(=O)Nc3ccc(F)c(Cl)c3)n2)CC1. The van der Waals surface area contributed by atoms with Crippen LogP contribution >= 0.6 is 11.6 Å². The molecule has 1 aliphatic heterocycles. The van der Waals surface area contributed by atoms with Crippen molar-refractivity contribution < 1.29 is 18.5 Å². The molecule has 10 heteroatoms. The predicted molar refractivity (Wildman–Crippen MR) is 101 cm³/mol. The summed E-state index contributed by atoms with van der Waals surface area (Å²) in [5.74, 6) is 0.789. The third kappa shape index (κ3) is 5.19. The smallest absolute Gasteiger partial charge is 0.319 e. The zero-order valence-corrected chi connectivity index (χ0v) is 16.1. The predicted octanol–water partition coefficient (Wildman–Crippen LogP) is 2.95. The Morgan fingerprint density at radius 2 is 2.11 bits per heavy atom. The van der Waals surface area contributed by atoms with E-state index >= 15 is 0 Å². The number of nitrogens with one attached hydrogen (secondary N) is 2. The van der Waals surface area contributed by atoms with Crippen molar-refractivity contribution in [2.75, 3.05) is 25.0 Å². The lowest BCUT2D eigenvalue weighted by molar-refractivity contribution is -0.129. The standard InChI is InChI=1S/C18H21ClFN5O3/c1-11(26)25-8-5-12(6-9-25)17-23-16(28-24-17)4-7-21-18(27)22-13-2-3-15(20)14(19)10-13/h2-3,10,12H,4-9H2,1H3,(H2,21,22,27). The van der Waals surface area contributed by atoms with Gasteiger partial charge in [0, 0.05) is 44.6 Å². The van der Waals surface area contributed by atoms with E-state index in [1.54, 1.807) is 6.92 Å². The van der Waals surface area contributed by atoms with Crippen molar-refractivity contribution in [3.8, 4) is 0 Å². The van der Waals surface area contributed by atoms with E-state index < -0.39 is 11.8 Å². The van der Waals surface area contributed by atoms with Gasteiger partial charge in [0.1, 0.15) is 5.82 Å². The highest BCUT2D eigenvalue weighted by Crippen LogP contribution is 2.26. The number of nitrogens with zero attached hydrogens (tertiary/aromatic N) is 3. The minimum Gasteiger partial charge on any atom is -0.343 e. The summed E-state index contributed by atoms with van der Waals surface area (Å²) in [6.45, 7) is 3.25. The molecule has 1 aliphatic rings. The highest BCUT2D eigenvalue weighted by Gasteiger charge is 2.25. The first kappa shape index (κ1) is 20.1. The highest BCUT2D eigenvalue weighted by atomic mass is 35.5. The number of rotatable bonds is 5. The van der Waals surface area contributed by atoms with E-state index in [-0.39, 0.29) is 16.8 Å². The van der Waals surface area contributed by atoms with Gasteiger partial charge < -0.3 is 20.1 Å². The van der Waals surface area contributed by atoms with Gasteiger partial charge in [-0.2, -0.15) is 4.98 Å². The third-order valence-electron chi connectivity index (χ3n) is 4.59. The monoisotopic (exact) mass is 409 g/mol. The van der Waals surface area contributed by atoms with Crippen LogP contribution < -0.4 is 10.6 Å². The van der Waals surface area contributed by atoms with Crippen molar-refractivity contribution in [2.45, 2.75) is 32.1 Å². The molecule has 0 bridgehead atoms. The number of urea groups is 1. The molecule has 28 heavy (non-hydrogen) atoms. The Morgan fingerprint density at radius 3 is 2.79 bits per heavy atom. The molecule has 1 aromatic heterocycles. The molecule has 0 radical (unpaired) electrons. The number of piperidine rings is 1. The van der Waals surface area contributed by atoms with Gasteiger partial charge in [0.05, 0.1) is 5.02 Å². The van der Waals surface area contributed by atoms with Gasteiger partial charge in [0.25, 0.3) is 0 Å². The first-order valence-corrected chi connectivity index (χ1v) is 9.38. The van der Waals surface area contributed by atoms with Gasteiger partial charge in [0.15, 0.2) is 5.82 Å². The fourth-order valence-corrected chi connectivity index (χ4v) is 3.20. The van der Waals surface area contributed by atoms with Gasteiger partial charge in [-0.05, 0) is 31.0 Å². The van der Waals surface area contributed by atoms with Gasteiger partial charge >= 0.3 is 6.03 Å². The van der Waals surface area contributed by atoms with Crippen molar-refractivity contribution in [1.29, 1.82) is 0 Å². The number of benzene rings is 1. The van der Waals surface area contributed by atoms with Crippen molar-refractivity contribution in [2.24, 2.45) is 0 Å². The fourth-order valence-electron chi connectivity index (χ4n) is 3.02. The van der Waals surface area contributed by atoms with Gasteiger partial charge in [-0.3, -0.25) is 4.79 Å². The van der Waals surface area contributed by atoms with Gasteiger partial charge in [-0.1, -0.05) is 16.8 Å². The number of hydrogen-bond acceptors (Lipinski definition) is 5. The van der Waals surface area contributed by atoms with E-state index in [1.165, 1.54) is 18.2 Å². The van der Waals surface area contributed by atoms with Gasteiger partial charge in [0.2, 0.25) is 11.8 Å². The molecule has 1 saturated heterocycles. The summed E-state index contributed by atoms with van der Waals surface area (Å²) in [7, 11) is 0. The Bertz CT molecular complexity index is 851. The van der Waals surface area contributed by atoms with Crippen molar-refractivity contribution in [3.63, 3.8) is 0 Å². The average molecular weight is 410 g/mol. The molecule has 3 rings (SSSR count). The maximum Gasteiger partial charge on any atom is 0.319 e. The van der Waals surface area contributed by atoms with Crippen LogP contribution in [-0.4, -0.2) is 46.6 Å². The summed E-state index contributed by atoms with van der Waals surface area (Å²) in [4.78, 5) is 29.5. The van der Waals surface area contributed by atoms with Crippen LogP contribution in [-0.2, 0) is 11.2 Å². The first-order chi connectivity index (χ1) is 13.4. The number of carbonyl (C=O) groups excluding carboxylic acids is 2. The molecule has 1 aromatic carbocycles.